The van der Waals surface area contributed by atoms with Gasteiger partial charge in [0.05, 0.1) is 6.10 Å². The second-order valence-electron chi connectivity index (χ2n) is 5.67. The van der Waals surface area contributed by atoms with Crippen LogP contribution in [0, 0.1) is 5.41 Å². The molecule has 102 valence electrons. The van der Waals surface area contributed by atoms with Crippen LogP contribution in [0.1, 0.15) is 34.1 Å². The van der Waals surface area contributed by atoms with E-state index in [0.717, 1.165) is 0 Å². The minimum Gasteiger partial charge on any atom is -0.391 e. The molecule has 1 aromatic heterocycles. The number of nitrogens with one attached hydrogen (secondary N) is 1. The molecule has 5 nitrogen and oxygen atoms in total. The summed E-state index contributed by atoms with van der Waals surface area (Å²) in [6.45, 7) is 9.07. The van der Waals surface area contributed by atoms with Crippen LogP contribution < -0.4 is 10.9 Å². The molecular formula is C13H23N3O2. The van der Waals surface area contributed by atoms with Crippen molar-refractivity contribution in [3.8, 4) is 0 Å². The number of anilines is 1. The fourth-order valence-corrected chi connectivity index (χ4v) is 1.81. The van der Waals surface area contributed by atoms with E-state index in [9.17, 15) is 9.90 Å². The molecule has 2 N–H and O–H groups in total. The van der Waals surface area contributed by atoms with Gasteiger partial charge in [0.2, 0.25) is 0 Å². The van der Waals surface area contributed by atoms with Crippen molar-refractivity contribution >= 4 is 5.82 Å². The van der Waals surface area contributed by atoms with Gasteiger partial charge in [0.25, 0.3) is 5.56 Å². The first-order chi connectivity index (χ1) is 8.33. The average Bonchev–Trinajstić information content (AvgIpc) is 2.25. The normalized spacial score (nSPS) is 13.4. The third-order valence-electron chi connectivity index (χ3n) is 2.61. The smallest absolute Gasteiger partial charge is 0.293 e. The minimum absolute atomic E-state index is 0.0643. The van der Waals surface area contributed by atoms with Crippen LogP contribution in [0.25, 0.3) is 0 Å². The lowest BCUT2D eigenvalue weighted by Gasteiger charge is -2.22. The zero-order chi connectivity index (χ0) is 13.8. The second-order valence-corrected chi connectivity index (χ2v) is 5.67. The van der Waals surface area contributed by atoms with Gasteiger partial charge in [0.15, 0.2) is 5.82 Å². The summed E-state index contributed by atoms with van der Waals surface area (Å²) in [4.78, 5) is 15.9. The molecule has 1 rings (SSSR count). The zero-order valence-corrected chi connectivity index (χ0v) is 11.6. The van der Waals surface area contributed by atoms with E-state index in [4.69, 9.17) is 0 Å². The third kappa shape index (κ3) is 4.49. The molecule has 0 aromatic carbocycles. The van der Waals surface area contributed by atoms with Crippen molar-refractivity contribution in [3.05, 3.63) is 22.7 Å². The summed E-state index contributed by atoms with van der Waals surface area (Å²) in [5.74, 6) is 0.298. The van der Waals surface area contributed by atoms with E-state index in [1.807, 2.05) is 6.92 Å². The maximum absolute atomic E-state index is 11.9. The van der Waals surface area contributed by atoms with Gasteiger partial charge in [0.1, 0.15) is 0 Å². The maximum atomic E-state index is 11.9. The van der Waals surface area contributed by atoms with Crippen LogP contribution in [-0.4, -0.2) is 27.3 Å². The number of aromatic nitrogens is 2. The monoisotopic (exact) mass is 253 g/mol. The second kappa shape index (κ2) is 6.00. The number of aliphatic hydroxyl groups excluding tert-OH is 1. The predicted octanol–water partition coefficient (Wildman–Crippen LogP) is 1.47. The lowest BCUT2D eigenvalue weighted by molar-refractivity contribution is 0.132. The molecule has 0 saturated carbocycles. The molecule has 5 heteroatoms. The summed E-state index contributed by atoms with van der Waals surface area (Å²) < 4.78 is 1.57. The third-order valence-corrected chi connectivity index (χ3v) is 2.61. The molecule has 0 aliphatic rings. The van der Waals surface area contributed by atoms with Crippen molar-refractivity contribution in [2.24, 2.45) is 5.41 Å². The highest BCUT2D eigenvalue weighted by Crippen LogP contribution is 2.20. The van der Waals surface area contributed by atoms with Crippen LogP contribution in [0.2, 0.25) is 0 Å². The van der Waals surface area contributed by atoms with Crippen molar-refractivity contribution in [2.75, 3.05) is 11.9 Å². The maximum Gasteiger partial charge on any atom is 0.293 e. The van der Waals surface area contributed by atoms with Gasteiger partial charge in [-0.2, -0.15) is 0 Å². The topological polar surface area (TPSA) is 67.2 Å². The number of hydrogen-bond donors (Lipinski definition) is 2. The fourth-order valence-electron chi connectivity index (χ4n) is 1.81. The molecular weight excluding hydrogens is 230 g/mol. The van der Waals surface area contributed by atoms with Crippen molar-refractivity contribution in [1.82, 2.24) is 9.55 Å². The Labute approximate surface area is 108 Å². The zero-order valence-electron chi connectivity index (χ0n) is 11.6. The number of rotatable bonds is 5. The van der Waals surface area contributed by atoms with Crippen LogP contribution in [0.5, 0.6) is 0 Å². The Balaban J connectivity index is 2.62. The van der Waals surface area contributed by atoms with Gasteiger partial charge in [-0.25, -0.2) is 4.98 Å². The molecule has 1 unspecified atom stereocenters. The molecule has 0 aliphatic carbocycles. The molecule has 18 heavy (non-hydrogen) atoms. The van der Waals surface area contributed by atoms with Gasteiger partial charge in [-0.3, -0.25) is 4.79 Å². The SMILES string of the molecule is CCn1ccnc(NCC(O)CC(C)(C)C)c1=O. The first-order valence-electron chi connectivity index (χ1n) is 6.31. The van der Waals surface area contributed by atoms with Gasteiger partial charge >= 0.3 is 0 Å². The summed E-state index contributed by atoms with van der Waals surface area (Å²) in [5.41, 5.74) is -0.0857. The first-order valence-corrected chi connectivity index (χ1v) is 6.31. The minimum atomic E-state index is -0.485. The molecule has 1 heterocycles. The Hall–Kier alpha value is -1.36. The molecule has 0 saturated heterocycles. The highest BCUT2D eigenvalue weighted by Gasteiger charge is 2.17. The largest absolute Gasteiger partial charge is 0.391 e. The Morgan fingerprint density at radius 3 is 2.72 bits per heavy atom. The Morgan fingerprint density at radius 1 is 1.50 bits per heavy atom. The standard InChI is InChI=1S/C13H23N3O2/c1-5-16-7-6-14-11(12(16)18)15-9-10(17)8-13(2,3)4/h6-7,10,17H,5,8-9H2,1-4H3,(H,14,15). The lowest BCUT2D eigenvalue weighted by Crippen LogP contribution is -2.29. The van der Waals surface area contributed by atoms with E-state index in [0.29, 0.717) is 25.3 Å². The van der Waals surface area contributed by atoms with E-state index >= 15 is 0 Å². The van der Waals surface area contributed by atoms with Gasteiger partial charge in [-0.1, -0.05) is 20.8 Å². The average molecular weight is 253 g/mol. The number of hydrogen-bond acceptors (Lipinski definition) is 4. The number of nitrogens with zero attached hydrogens (tertiary/aromatic N) is 2. The summed E-state index contributed by atoms with van der Waals surface area (Å²) in [7, 11) is 0. The number of aliphatic hydroxyl groups is 1. The highest BCUT2D eigenvalue weighted by atomic mass is 16.3. The van der Waals surface area contributed by atoms with Gasteiger partial charge < -0.3 is 15.0 Å². The van der Waals surface area contributed by atoms with E-state index in [-0.39, 0.29) is 11.0 Å². The Kier molecular flexibility index (Phi) is 4.90. The van der Waals surface area contributed by atoms with Gasteiger partial charge in [-0.05, 0) is 18.8 Å². The molecule has 0 spiro atoms. The van der Waals surface area contributed by atoms with E-state index in [2.05, 4.69) is 31.1 Å². The highest BCUT2D eigenvalue weighted by molar-refractivity contribution is 5.30. The lowest BCUT2D eigenvalue weighted by atomic mass is 9.89. The van der Waals surface area contributed by atoms with Crippen molar-refractivity contribution < 1.29 is 5.11 Å². The van der Waals surface area contributed by atoms with E-state index in [1.54, 1.807) is 17.0 Å². The molecule has 0 radical (unpaired) electrons. The summed E-state index contributed by atoms with van der Waals surface area (Å²) in [6, 6.07) is 0. The fraction of sp³-hybridized carbons (Fsp3) is 0.692. The molecule has 0 fully saturated rings. The molecule has 0 bridgehead atoms. The van der Waals surface area contributed by atoms with Crippen LogP contribution in [0.4, 0.5) is 5.82 Å². The van der Waals surface area contributed by atoms with Gasteiger partial charge in [-0.15, -0.1) is 0 Å². The molecule has 0 aliphatic heterocycles. The quantitative estimate of drug-likeness (QED) is 0.834. The van der Waals surface area contributed by atoms with Crippen molar-refractivity contribution in [1.29, 1.82) is 0 Å². The first kappa shape index (κ1) is 14.7. The van der Waals surface area contributed by atoms with Crippen molar-refractivity contribution in [3.63, 3.8) is 0 Å². The van der Waals surface area contributed by atoms with Crippen LogP contribution in [-0.2, 0) is 6.54 Å². The predicted molar refractivity (Wildman–Crippen MR) is 72.7 cm³/mol. The summed E-state index contributed by atoms with van der Waals surface area (Å²) in [6.07, 6.45) is 3.43. The summed E-state index contributed by atoms with van der Waals surface area (Å²) in [5, 5.41) is 12.8. The molecule has 0 amide bonds. The number of aryl methyl sites for hydroxylation is 1. The van der Waals surface area contributed by atoms with Crippen molar-refractivity contribution in [2.45, 2.75) is 46.8 Å². The Morgan fingerprint density at radius 2 is 2.17 bits per heavy atom. The van der Waals surface area contributed by atoms with E-state index < -0.39 is 6.10 Å². The van der Waals surface area contributed by atoms with Crippen LogP contribution in [0.15, 0.2) is 17.2 Å². The summed E-state index contributed by atoms with van der Waals surface area (Å²) >= 11 is 0. The van der Waals surface area contributed by atoms with Crippen LogP contribution >= 0.6 is 0 Å². The molecule has 1 atom stereocenters. The van der Waals surface area contributed by atoms with E-state index in [1.165, 1.54) is 0 Å². The van der Waals surface area contributed by atoms with Crippen LogP contribution in [0.3, 0.4) is 0 Å². The molecule has 1 aromatic rings. The Bertz CT molecular complexity index is 435. The van der Waals surface area contributed by atoms with Gasteiger partial charge in [0, 0.05) is 25.5 Å².